The number of nitrogens with two attached hydrogens (primary N) is 1. The van der Waals surface area contributed by atoms with Gasteiger partial charge in [0.05, 0.1) is 11.6 Å². The molecular formula is C13H19ClN2O. The number of hydrogen-bond donors (Lipinski definition) is 1. The lowest BCUT2D eigenvalue weighted by atomic mass is 9.90. The van der Waals surface area contributed by atoms with E-state index in [1.54, 1.807) is 6.20 Å². The molecule has 1 aliphatic carbocycles. The maximum atomic E-state index is 5.95. The van der Waals surface area contributed by atoms with Crippen LogP contribution in [-0.4, -0.2) is 11.6 Å². The van der Waals surface area contributed by atoms with Crippen LogP contribution >= 0.6 is 11.6 Å². The average molecular weight is 255 g/mol. The van der Waals surface area contributed by atoms with Gasteiger partial charge >= 0.3 is 0 Å². The van der Waals surface area contributed by atoms with Gasteiger partial charge in [-0.3, -0.25) is 0 Å². The SMILES string of the molecule is NCc1cc(OCC2CCCCC2)ncc1Cl. The highest BCUT2D eigenvalue weighted by atomic mass is 35.5. The van der Waals surface area contributed by atoms with E-state index < -0.39 is 0 Å². The third-order valence-corrected chi connectivity index (χ3v) is 3.66. The molecule has 2 rings (SSSR count). The molecule has 4 heteroatoms. The second-order valence-electron chi connectivity index (χ2n) is 4.63. The first kappa shape index (κ1) is 12.7. The Balaban J connectivity index is 1.89. The predicted molar refractivity (Wildman–Crippen MR) is 69.2 cm³/mol. The second kappa shape index (κ2) is 6.22. The van der Waals surface area contributed by atoms with E-state index in [0.717, 1.165) is 12.2 Å². The Morgan fingerprint density at radius 3 is 2.82 bits per heavy atom. The summed E-state index contributed by atoms with van der Waals surface area (Å²) in [6.45, 7) is 1.18. The van der Waals surface area contributed by atoms with Gasteiger partial charge < -0.3 is 10.5 Å². The van der Waals surface area contributed by atoms with Crippen LogP contribution in [-0.2, 0) is 6.54 Å². The molecule has 2 N–H and O–H groups in total. The lowest BCUT2D eigenvalue weighted by Gasteiger charge is -2.21. The molecule has 0 atom stereocenters. The molecule has 0 amide bonds. The van der Waals surface area contributed by atoms with Crippen LogP contribution in [0.3, 0.4) is 0 Å². The third-order valence-electron chi connectivity index (χ3n) is 3.32. The second-order valence-corrected chi connectivity index (χ2v) is 5.04. The molecule has 0 bridgehead atoms. The monoisotopic (exact) mass is 254 g/mol. The molecule has 17 heavy (non-hydrogen) atoms. The van der Waals surface area contributed by atoms with Gasteiger partial charge in [-0.2, -0.15) is 0 Å². The number of rotatable bonds is 4. The van der Waals surface area contributed by atoms with Gasteiger partial charge in [0.1, 0.15) is 0 Å². The summed E-state index contributed by atoms with van der Waals surface area (Å²) in [5, 5.41) is 0.609. The number of ether oxygens (including phenoxy) is 1. The fraction of sp³-hybridized carbons (Fsp3) is 0.615. The summed E-state index contributed by atoms with van der Waals surface area (Å²) in [7, 11) is 0. The molecule has 1 aromatic rings. The van der Waals surface area contributed by atoms with Gasteiger partial charge in [-0.1, -0.05) is 30.9 Å². The largest absolute Gasteiger partial charge is 0.477 e. The van der Waals surface area contributed by atoms with Gasteiger partial charge in [-0.15, -0.1) is 0 Å². The molecule has 0 spiro atoms. The summed E-state index contributed by atoms with van der Waals surface area (Å²) in [5.74, 6) is 1.32. The maximum Gasteiger partial charge on any atom is 0.213 e. The standard InChI is InChI=1S/C13H19ClN2O/c14-12-8-16-13(6-11(12)7-15)17-9-10-4-2-1-3-5-10/h6,8,10H,1-5,7,9,15H2. The molecule has 1 heterocycles. The maximum absolute atomic E-state index is 5.95. The van der Waals surface area contributed by atoms with E-state index in [9.17, 15) is 0 Å². The van der Waals surface area contributed by atoms with Gasteiger partial charge in [-0.25, -0.2) is 4.98 Å². The van der Waals surface area contributed by atoms with E-state index in [4.69, 9.17) is 22.1 Å². The summed E-state index contributed by atoms with van der Waals surface area (Å²) in [6, 6.07) is 1.84. The zero-order valence-electron chi connectivity index (χ0n) is 9.99. The highest BCUT2D eigenvalue weighted by molar-refractivity contribution is 6.31. The van der Waals surface area contributed by atoms with Gasteiger partial charge in [0.25, 0.3) is 0 Å². The van der Waals surface area contributed by atoms with E-state index in [-0.39, 0.29) is 0 Å². The van der Waals surface area contributed by atoms with Crippen molar-refractivity contribution in [3.8, 4) is 5.88 Å². The molecule has 1 aromatic heterocycles. The Morgan fingerprint density at radius 1 is 1.35 bits per heavy atom. The zero-order chi connectivity index (χ0) is 12.1. The van der Waals surface area contributed by atoms with E-state index in [0.29, 0.717) is 23.4 Å². The average Bonchev–Trinajstić information content (AvgIpc) is 2.39. The predicted octanol–water partition coefficient (Wildman–Crippen LogP) is 3.15. The summed E-state index contributed by atoms with van der Waals surface area (Å²) in [6.07, 6.45) is 8.19. The Bertz CT molecular complexity index is 364. The van der Waals surface area contributed by atoms with Crippen molar-refractivity contribution in [1.29, 1.82) is 0 Å². The lowest BCUT2D eigenvalue weighted by Crippen LogP contribution is -2.15. The smallest absolute Gasteiger partial charge is 0.213 e. The molecular weight excluding hydrogens is 236 g/mol. The van der Waals surface area contributed by atoms with Crippen LogP contribution < -0.4 is 10.5 Å². The van der Waals surface area contributed by atoms with Crippen molar-refractivity contribution in [1.82, 2.24) is 4.98 Å². The Labute approximate surface area is 107 Å². The zero-order valence-corrected chi connectivity index (χ0v) is 10.7. The Kier molecular flexibility index (Phi) is 4.63. The van der Waals surface area contributed by atoms with Crippen molar-refractivity contribution >= 4 is 11.6 Å². The molecule has 94 valence electrons. The van der Waals surface area contributed by atoms with Crippen molar-refractivity contribution in [2.24, 2.45) is 11.7 Å². The van der Waals surface area contributed by atoms with Crippen molar-refractivity contribution in [3.05, 3.63) is 22.8 Å². The molecule has 1 saturated carbocycles. The number of nitrogens with zero attached hydrogens (tertiary/aromatic N) is 1. The molecule has 0 saturated heterocycles. The van der Waals surface area contributed by atoms with Crippen molar-refractivity contribution < 1.29 is 4.74 Å². The normalized spacial score (nSPS) is 17.1. The minimum atomic E-state index is 0.418. The summed E-state index contributed by atoms with van der Waals surface area (Å²) in [5.41, 5.74) is 6.48. The summed E-state index contributed by atoms with van der Waals surface area (Å²) >= 11 is 5.95. The molecule has 1 aliphatic rings. The lowest BCUT2D eigenvalue weighted by molar-refractivity contribution is 0.203. The van der Waals surface area contributed by atoms with Gasteiger partial charge in [-0.05, 0) is 24.3 Å². The van der Waals surface area contributed by atoms with Crippen molar-refractivity contribution in [2.75, 3.05) is 6.61 Å². The molecule has 0 radical (unpaired) electrons. The highest BCUT2D eigenvalue weighted by Crippen LogP contribution is 2.25. The number of aromatic nitrogens is 1. The van der Waals surface area contributed by atoms with Crippen LogP contribution in [0.15, 0.2) is 12.3 Å². The molecule has 3 nitrogen and oxygen atoms in total. The number of hydrogen-bond acceptors (Lipinski definition) is 3. The van der Waals surface area contributed by atoms with Crippen molar-refractivity contribution in [2.45, 2.75) is 38.6 Å². The number of halogens is 1. The highest BCUT2D eigenvalue weighted by Gasteiger charge is 2.14. The fourth-order valence-electron chi connectivity index (χ4n) is 2.25. The van der Waals surface area contributed by atoms with Crippen LogP contribution in [0.1, 0.15) is 37.7 Å². The quantitative estimate of drug-likeness (QED) is 0.898. The molecule has 0 aliphatic heterocycles. The first-order chi connectivity index (χ1) is 8.29. The van der Waals surface area contributed by atoms with E-state index in [2.05, 4.69) is 4.98 Å². The summed E-state index contributed by atoms with van der Waals surface area (Å²) < 4.78 is 5.72. The van der Waals surface area contributed by atoms with Gasteiger partial charge in [0, 0.05) is 18.8 Å². The topological polar surface area (TPSA) is 48.1 Å². The van der Waals surface area contributed by atoms with E-state index in [1.165, 1.54) is 32.1 Å². The van der Waals surface area contributed by atoms with E-state index in [1.807, 2.05) is 6.07 Å². The van der Waals surface area contributed by atoms with Crippen LogP contribution in [0, 0.1) is 5.92 Å². The van der Waals surface area contributed by atoms with Gasteiger partial charge in [0.15, 0.2) is 0 Å². The Hall–Kier alpha value is -0.800. The third kappa shape index (κ3) is 3.58. The van der Waals surface area contributed by atoms with Crippen LogP contribution in [0.25, 0.3) is 0 Å². The fourth-order valence-corrected chi connectivity index (χ4v) is 2.43. The van der Waals surface area contributed by atoms with E-state index >= 15 is 0 Å². The first-order valence-corrected chi connectivity index (χ1v) is 6.64. The molecule has 0 unspecified atom stereocenters. The van der Waals surface area contributed by atoms with Crippen LogP contribution in [0.2, 0.25) is 5.02 Å². The molecule has 0 aromatic carbocycles. The first-order valence-electron chi connectivity index (χ1n) is 6.27. The van der Waals surface area contributed by atoms with Crippen LogP contribution in [0.5, 0.6) is 5.88 Å². The Morgan fingerprint density at radius 2 is 2.12 bits per heavy atom. The molecule has 1 fully saturated rings. The minimum absolute atomic E-state index is 0.418. The van der Waals surface area contributed by atoms with Crippen molar-refractivity contribution in [3.63, 3.8) is 0 Å². The van der Waals surface area contributed by atoms with Crippen LogP contribution in [0.4, 0.5) is 0 Å². The minimum Gasteiger partial charge on any atom is -0.477 e. The van der Waals surface area contributed by atoms with Gasteiger partial charge in [0.2, 0.25) is 5.88 Å². The number of pyridine rings is 1. The summed E-state index contributed by atoms with van der Waals surface area (Å²) in [4.78, 5) is 4.16.